The standard InChI is InChI=1S/C25H31N5/c1-17-14-15-21-27-22-19-12-8-9-13-20(19)26-24(28-25(2,3)4)30(23(22)29(21)16-17)18-10-6-5-7-11-18/h8-9,12-16,18H,5-7,10-11H2,1-4H3,(H,26,28). The van der Waals surface area contributed by atoms with Gasteiger partial charge in [-0.2, -0.15) is 0 Å². The Morgan fingerprint density at radius 2 is 1.80 bits per heavy atom. The number of fused-ring (bicyclic) bond motifs is 5. The SMILES string of the molecule is Cc1ccc2nc3c(n2c1)N(C1CCCCC1)C(=NC(C)(C)C)Nc1ccccc1-3. The molecule has 1 aliphatic carbocycles. The van der Waals surface area contributed by atoms with Crippen molar-refractivity contribution in [3.05, 3.63) is 48.2 Å². The molecule has 0 bridgehead atoms. The van der Waals surface area contributed by atoms with E-state index in [0.29, 0.717) is 6.04 Å². The predicted molar refractivity (Wildman–Crippen MR) is 126 cm³/mol. The van der Waals surface area contributed by atoms with Crippen LogP contribution in [0.3, 0.4) is 0 Å². The first kappa shape index (κ1) is 19.2. The molecule has 1 fully saturated rings. The summed E-state index contributed by atoms with van der Waals surface area (Å²) in [6, 6.07) is 13.2. The van der Waals surface area contributed by atoms with E-state index in [9.17, 15) is 0 Å². The first-order chi connectivity index (χ1) is 14.4. The van der Waals surface area contributed by atoms with E-state index in [1.807, 2.05) is 0 Å². The molecule has 3 aromatic rings. The summed E-state index contributed by atoms with van der Waals surface area (Å²) in [6.45, 7) is 8.63. The van der Waals surface area contributed by atoms with Gasteiger partial charge in [-0.1, -0.05) is 43.5 Å². The molecule has 3 heterocycles. The number of hydrogen-bond donors (Lipinski definition) is 1. The molecule has 0 amide bonds. The van der Waals surface area contributed by atoms with Crippen LogP contribution < -0.4 is 10.2 Å². The summed E-state index contributed by atoms with van der Waals surface area (Å²) in [5.74, 6) is 2.07. The summed E-state index contributed by atoms with van der Waals surface area (Å²) < 4.78 is 2.27. The van der Waals surface area contributed by atoms with E-state index in [1.54, 1.807) is 0 Å². The molecule has 5 rings (SSSR count). The number of imidazole rings is 1. The summed E-state index contributed by atoms with van der Waals surface area (Å²) in [5.41, 5.74) is 5.26. The average molecular weight is 402 g/mol. The lowest BCUT2D eigenvalue weighted by Gasteiger charge is -2.36. The lowest BCUT2D eigenvalue weighted by molar-refractivity contribution is 0.437. The Morgan fingerprint density at radius 1 is 1.03 bits per heavy atom. The molecule has 156 valence electrons. The number of hydrogen-bond acceptors (Lipinski definition) is 2. The minimum atomic E-state index is -0.189. The highest BCUT2D eigenvalue weighted by Gasteiger charge is 2.35. The van der Waals surface area contributed by atoms with Gasteiger partial charge in [0, 0.05) is 17.8 Å². The number of nitrogens with one attached hydrogen (secondary N) is 1. The number of aromatic nitrogens is 2. The number of rotatable bonds is 1. The molecule has 5 heteroatoms. The normalized spacial score (nSPS) is 18.8. The van der Waals surface area contributed by atoms with Crippen LogP contribution in [0.2, 0.25) is 0 Å². The second-order valence-electron chi connectivity index (χ2n) is 9.66. The Labute approximate surface area is 178 Å². The van der Waals surface area contributed by atoms with Gasteiger partial charge in [0.15, 0.2) is 0 Å². The van der Waals surface area contributed by atoms with Crippen molar-refractivity contribution < 1.29 is 0 Å². The highest BCUT2D eigenvalue weighted by atomic mass is 15.4. The molecule has 1 aromatic carbocycles. The smallest absolute Gasteiger partial charge is 0.205 e. The lowest BCUT2D eigenvalue weighted by atomic mass is 9.94. The molecule has 0 radical (unpaired) electrons. The number of guanidine groups is 1. The summed E-state index contributed by atoms with van der Waals surface area (Å²) in [6.07, 6.45) is 8.42. The molecule has 1 N–H and O–H groups in total. The van der Waals surface area contributed by atoms with E-state index in [-0.39, 0.29) is 5.54 Å². The second-order valence-corrected chi connectivity index (χ2v) is 9.66. The summed E-state index contributed by atoms with van der Waals surface area (Å²) in [5, 5.41) is 3.70. The molecular formula is C25H31N5. The van der Waals surface area contributed by atoms with E-state index in [2.05, 4.69) is 84.9 Å². The van der Waals surface area contributed by atoms with Crippen LogP contribution in [-0.4, -0.2) is 26.9 Å². The van der Waals surface area contributed by atoms with E-state index in [0.717, 1.165) is 34.4 Å². The van der Waals surface area contributed by atoms with Crippen molar-refractivity contribution in [2.24, 2.45) is 4.99 Å². The highest BCUT2D eigenvalue weighted by molar-refractivity contribution is 6.12. The van der Waals surface area contributed by atoms with E-state index < -0.39 is 0 Å². The summed E-state index contributed by atoms with van der Waals surface area (Å²) in [4.78, 5) is 12.7. The quantitative estimate of drug-likeness (QED) is 0.541. The van der Waals surface area contributed by atoms with E-state index in [1.165, 1.54) is 37.7 Å². The van der Waals surface area contributed by atoms with Crippen LogP contribution in [-0.2, 0) is 0 Å². The van der Waals surface area contributed by atoms with Crippen molar-refractivity contribution in [3.63, 3.8) is 0 Å². The third-order valence-corrected chi connectivity index (χ3v) is 6.01. The van der Waals surface area contributed by atoms with Crippen LogP contribution in [0.4, 0.5) is 11.5 Å². The molecule has 2 aromatic heterocycles. The van der Waals surface area contributed by atoms with Gasteiger partial charge in [-0.3, -0.25) is 9.30 Å². The average Bonchev–Trinajstić information content (AvgIpc) is 3.00. The number of aryl methyl sites for hydroxylation is 1. The van der Waals surface area contributed by atoms with Crippen LogP contribution in [0.15, 0.2) is 47.6 Å². The predicted octanol–water partition coefficient (Wildman–Crippen LogP) is 6.03. The van der Waals surface area contributed by atoms with Gasteiger partial charge >= 0.3 is 0 Å². The first-order valence-corrected chi connectivity index (χ1v) is 11.1. The third kappa shape index (κ3) is 3.36. The molecule has 1 aliphatic heterocycles. The molecule has 0 atom stereocenters. The fourth-order valence-corrected chi connectivity index (χ4v) is 4.71. The minimum absolute atomic E-state index is 0.189. The molecule has 0 spiro atoms. The van der Waals surface area contributed by atoms with Crippen molar-refractivity contribution in [3.8, 4) is 11.3 Å². The van der Waals surface area contributed by atoms with Crippen LogP contribution in [0.5, 0.6) is 0 Å². The Kier molecular flexibility index (Phi) is 4.57. The van der Waals surface area contributed by atoms with Crippen molar-refractivity contribution >= 4 is 23.1 Å². The first-order valence-electron chi connectivity index (χ1n) is 11.1. The molecule has 1 saturated carbocycles. The fraction of sp³-hybridized carbons (Fsp3) is 0.440. The summed E-state index contributed by atoms with van der Waals surface area (Å²) in [7, 11) is 0. The lowest BCUT2D eigenvalue weighted by Crippen LogP contribution is -2.46. The van der Waals surface area contributed by atoms with Crippen LogP contribution in [0.1, 0.15) is 58.4 Å². The molecule has 2 aliphatic rings. The maximum Gasteiger partial charge on any atom is 0.205 e. The monoisotopic (exact) mass is 401 g/mol. The second kappa shape index (κ2) is 7.15. The molecule has 5 nitrogen and oxygen atoms in total. The van der Waals surface area contributed by atoms with Crippen molar-refractivity contribution in [1.29, 1.82) is 0 Å². The van der Waals surface area contributed by atoms with Crippen molar-refractivity contribution in [2.75, 3.05) is 10.2 Å². The zero-order valence-corrected chi connectivity index (χ0v) is 18.4. The van der Waals surface area contributed by atoms with Gasteiger partial charge in [-0.15, -0.1) is 0 Å². The molecule has 0 unspecified atom stereocenters. The topological polar surface area (TPSA) is 44.9 Å². The zero-order chi connectivity index (χ0) is 20.9. The van der Waals surface area contributed by atoms with Gasteiger partial charge in [-0.05, 0) is 58.2 Å². The maximum atomic E-state index is 5.18. The van der Waals surface area contributed by atoms with Gasteiger partial charge in [0.2, 0.25) is 5.96 Å². The van der Waals surface area contributed by atoms with Crippen molar-refractivity contribution in [2.45, 2.75) is 71.4 Å². The van der Waals surface area contributed by atoms with Crippen LogP contribution in [0, 0.1) is 6.92 Å². The highest BCUT2D eigenvalue weighted by Crippen LogP contribution is 2.41. The molecule has 30 heavy (non-hydrogen) atoms. The largest absolute Gasteiger partial charge is 0.325 e. The molecular weight excluding hydrogens is 370 g/mol. The number of benzene rings is 1. The van der Waals surface area contributed by atoms with E-state index in [4.69, 9.17) is 9.98 Å². The van der Waals surface area contributed by atoms with Gasteiger partial charge in [-0.25, -0.2) is 9.98 Å². The fourth-order valence-electron chi connectivity index (χ4n) is 4.71. The number of para-hydroxylation sites is 1. The number of nitrogens with zero attached hydrogens (tertiary/aromatic N) is 4. The van der Waals surface area contributed by atoms with Gasteiger partial charge in [0.05, 0.1) is 11.2 Å². The number of pyridine rings is 1. The van der Waals surface area contributed by atoms with Crippen molar-refractivity contribution in [1.82, 2.24) is 9.38 Å². The zero-order valence-electron chi connectivity index (χ0n) is 18.4. The number of anilines is 2. The Balaban J connectivity index is 1.83. The third-order valence-electron chi connectivity index (χ3n) is 6.01. The Bertz CT molecular complexity index is 1110. The Morgan fingerprint density at radius 3 is 2.57 bits per heavy atom. The minimum Gasteiger partial charge on any atom is -0.325 e. The maximum absolute atomic E-state index is 5.18. The summed E-state index contributed by atoms with van der Waals surface area (Å²) >= 11 is 0. The number of aliphatic imine (C=N–C) groups is 1. The van der Waals surface area contributed by atoms with E-state index >= 15 is 0 Å². The van der Waals surface area contributed by atoms with Crippen LogP contribution >= 0.6 is 0 Å². The van der Waals surface area contributed by atoms with Gasteiger partial charge < -0.3 is 5.32 Å². The molecule has 0 saturated heterocycles. The Hall–Kier alpha value is -2.82. The van der Waals surface area contributed by atoms with Crippen LogP contribution in [0.25, 0.3) is 16.9 Å². The van der Waals surface area contributed by atoms with Gasteiger partial charge in [0.1, 0.15) is 17.2 Å². The van der Waals surface area contributed by atoms with Gasteiger partial charge in [0.25, 0.3) is 0 Å².